The lowest BCUT2D eigenvalue weighted by Gasteiger charge is -2.05. The smallest absolute Gasteiger partial charge is 0.138 e. The number of halogens is 2. The number of hydrogen-bond acceptors (Lipinski definition) is 1. The van der Waals surface area contributed by atoms with E-state index in [1.165, 1.54) is 0 Å². The first-order chi connectivity index (χ1) is 6.79. The first-order valence-corrected chi connectivity index (χ1v) is 4.90. The van der Waals surface area contributed by atoms with Gasteiger partial charge in [0.2, 0.25) is 0 Å². The number of hydrogen-bond donors (Lipinski definition) is 0. The van der Waals surface area contributed by atoms with Gasteiger partial charge in [0.25, 0.3) is 0 Å². The molecular formula is C11H7Cl2N. The minimum absolute atomic E-state index is 0.434. The second kappa shape index (κ2) is 3.99. The molecule has 0 aliphatic rings. The van der Waals surface area contributed by atoms with Crippen LogP contribution in [-0.2, 0) is 0 Å². The highest BCUT2D eigenvalue weighted by Gasteiger charge is 2.07. The van der Waals surface area contributed by atoms with Crippen LogP contribution in [0.1, 0.15) is 0 Å². The van der Waals surface area contributed by atoms with Gasteiger partial charge in [-0.3, -0.25) is 0 Å². The molecule has 0 radical (unpaired) electrons. The normalized spacial score (nSPS) is 10.1. The molecule has 14 heavy (non-hydrogen) atoms. The maximum absolute atomic E-state index is 6.04. The van der Waals surface area contributed by atoms with E-state index in [2.05, 4.69) is 4.98 Å². The molecule has 2 rings (SSSR count). The molecule has 3 heteroatoms. The van der Waals surface area contributed by atoms with Crippen molar-refractivity contribution in [2.75, 3.05) is 0 Å². The lowest BCUT2D eigenvalue weighted by atomic mass is 10.1. The van der Waals surface area contributed by atoms with Gasteiger partial charge >= 0.3 is 0 Å². The monoisotopic (exact) mass is 223 g/mol. The third kappa shape index (κ3) is 1.74. The van der Waals surface area contributed by atoms with Gasteiger partial charge in [-0.2, -0.15) is 0 Å². The summed E-state index contributed by atoms with van der Waals surface area (Å²) in [5.74, 6) is 0. The van der Waals surface area contributed by atoms with Crippen molar-refractivity contribution in [1.29, 1.82) is 0 Å². The zero-order chi connectivity index (χ0) is 9.97. The molecule has 1 aromatic carbocycles. The van der Waals surface area contributed by atoms with E-state index in [0.29, 0.717) is 10.2 Å². The van der Waals surface area contributed by atoms with Crippen LogP contribution in [0.15, 0.2) is 42.6 Å². The van der Waals surface area contributed by atoms with Crippen LogP contribution in [0.2, 0.25) is 10.2 Å². The van der Waals surface area contributed by atoms with Crippen molar-refractivity contribution in [1.82, 2.24) is 4.98 Å². The Balaban J connectivity index is 2.63. The highest BCUT2D eigenvalue weighted by atomic mass is 35.5. The van der Waals surface area contributed by atoms with Crippen LogP contribution >= 0.6 is 23.2 Å². The second-order valence-corrected chi connectivity index (χ2v) is 3.59. The Labute approximate surface area is 92.3 Å². The molecule has 0 aliphatic heterocycles. The minimum atomic E-state index is 0.434. The summed E-state index contributed by atoms with van der Waals surface area (Å²) in [4.78, 5) is 4.00. The standard InChI is InChI=1S/C11H7Cl2N/c12-9-6-7-14-11(13)10(9)8-4-2-1-3-5-8/h1-7H. The third-order valence-electron chi connectivity index (χ3n) is 1.92. The van der Waals surface area contributed by atoms with Crippen LogP contribution in [0.25, 0.3) is 11.1 Å². The topological polar surface area (TPSA) is 12.9 Å². The van der Waals surface area contributed by atoms with Gasteiger partial charge in [-0.15, -0.1) is 0 Å². The second-order valence-electron chi connectivity index (χ2n) is 2.82. The van der Waals surface area contributed by atoms with Crippen LogP contribution in [0.3, 0.4) is 0 Å². The number of rotatable bonds is 1. The van der Waals surface area contributed by atoms with Gasteiger partial charge in [0.05, 0.1) is 5.02 Å². The van der Waals surface area contributed by atoms with Crippen molar-refractivity contribution in [2.24, 2.45) is 0 Å². The molecule has 0 saturated heterocycles. The summed E-state index contributed by atoms with van der Waals surface area (Å²) in [6.45, 7) is 0. The molecule has 70 valence electrons. The molecule has 0 spiro atoms. The molecular weight excluding hydrogens is 217 g/mol. The lowest BCUT2D eigenvalue weighted by molar-refractivity contribution is 1.33. The van der Waals surface area contributed by atoms with Crippen molar-refractivity contribution in [3.63, 3.8) is 0 Å². The van der Waals surface area contributed by atoms with Gasteiger partial charge in [-0.25, -0.2) is 4.98 Å². The Morgan fingerprint density at radius 2 is 1.64 bits per heavy atom. The van der Waals surface area contributed by atoms with E-state index in [1.54, 1.807) is 12.3 Å². The first-order valence-electron chi connectivity index (χ1n) is 4.14. The SMILES string of the molecule is Clc1ccnc(Cl)c1-c1ccccc1. The van der Waals surface area contributed by atoms with Crippen molar-refractivity contribution in [3.8, 4) is 11.1 Å². The largest absolute Gasteiger partial charge is 0.244 e. The first kappa shape index (κ1) is 9.50. The highest BCUT2D eigenvalue weighted by Crippen LogP contribution is 2.32. The fourth-order valence-corrected chi connectivity index (χ4v) is 1.85. The predicted octanol–water partition coefficient (Wildman–Crippen LogP) is 4.06. The van der Waals surface area contributed by atoms with E-state index in [0.717, 1.165) is 11.1 Å². The molecule has 1 heterocycles. The number of pyridine rings is 1. The van der Waals surface area contributed by atoms with E-state index in [1.807, 2.05) is 30.3 Å². The Morgan fingerprint density at radius 1 is 0.929 bits per heavy atom. The summed E-state index contributed by atoms with van der Waals surface area (Å²) in [6.07, 6.45) is 1.59. The molecule has 0 unspecified atom stereocenters. The van der Waals surface area contributed by atoms with Crippen molar-refractivity contribution >= 4 is 23.2 Å². The third-order valence-corrected chi connectivity index (χ3v) is 2.52. The fourth-order valence-electron chi connectivity index (χ4n) is 1.28. The molecule has 2 aromatic rings. The summed E-state index contributed by atoms with van der Waals surface area (Å²) in [5, 5.41) is 1.06. The molecule has 0 aliphatic carbocycles. The van der Waals surface area contributed by atoms with Crippen molar-refractivity contribution < 1.29 is 0 Å². The highest BCUT2D eigenvalue weighted by molar-refractivity contribution is 6.38. The molecule has 0 saturated carbocycles. The molecule has 1 aromatic heterocycles. The molecule has 0 fully saturated rings. The van der Waals surface area contributed by atoms with Crippen LogP contribution in [0.5, 0.6) is 0 Å². The van der Waals surface area contributed by atoms with Gasteiger partial charge in [0.15, 0.2) is 0 Å². The zero-order valence-corrected chi connectivity index (χ0v) is 8.76. The molecule has 0 amide bonds. The average Bonchev–Trinajstić information content (AvgIpc) is 2.19. The average molecular weight is 224 g/mol. The van der Waals surface area contributed by atoms with E-state index >= 15 is 0 Å². The summed E-state index contributed by atoms with van der Waals surface area (Å²) in [7, 11) is 0. The summed E-state index contributed by atoms with van der Waals surface area (Å²) in [6, 6.07) is 11.5. The van der Waals surface area contributed by atoms with Crippen LogP contribution < -0.4 is 0 Å². The quantitative estimate of drug-likeness (QED) is 0.665. The van der Waals surface area contributed by atoms with E-state index < -0.39 is 0 Å². The molecule has 0 bridgehead atoms. The Hall–Kier alpha value is -1.05. The predicted molar refractivity (Wildman–Crippen MR) is 59.7 cm³/mol. The summed E-state index contributed by atoms with van der Waals surface area (Å²) >= 11 is 12.0. The fraction of sp³-hybridized carbons (Fsp3) is 0. The zero-order valence-electron chi connectivity index (χ0n) is 7.24. The Morgan fingerprint density at radius 3 is 2.29 bits per heavy atom. The van der Waals surface area contributed by atoms with Gasteiger partial charge in [0, 0.05) is 11.8 Å². The molecule has 1 nitrogen and oxygen atoms in total. The number of benzene rings is 1. The summed E-state index contributed by atoms with van der Waals surface area (Å²) < 4.78 is 0. The van der Waals surface area contributed by atoms with Gasteiger partial charge in [0.1, 0.15) is 5.15 Å². The Bertz CT molecular complexity index is 420. The van der Waals surface area contributed by atoms with Crippen molar-refractivity contribution in [3.05, 3.63) is 52.8 Å². The number of aromatic nitrogens is 1. The van der Waals surface area contributed by atoms with E-state index in [4.69, 9.17) is 23.2 Å². The summed E-state index contributed by atoms with van der Waals surface area (Å²) in [5.41, 5.74) is 1.77. The molecule has 0 N–H and O–H groups in total. The van der Waals surface area contributed by atoms with Crippen LogP contribution in [0, 0.1) is 0 Å². The Kier molecular flexibility index (Phi) is 2.71. The van der Waals surface area contributed by atoms with E-state index in [-0.39, 0.29) is 0 Å². The maximum Gasteiger partial charge on any atom is 0.138 e. The van der Waals surface area contributed by atoms with Crippen LogP contribution in [0.4, 0.5) is 0 Å². The van der Waals surface area contributed by atoms with E-state index in [9.17, 15) is 0 Å². The van der Waals surface area contributed by atoms with Crippen LogP contribution in [-0.4, -0.2) is 4.98 Å². The molecule has 0 atom stereocenters. The maximum atomic E-state index is 6.04. The minimum Gasteiger partial charge on any atom is -0.244 e. The van der Waals surface area contributed by atoms with Gasteiger partial charge in [-0.1, -0.05) is 53.5 Å². The lowest BCUT2D eigenvalue weighted by Crippen LogP contribution is -1.83. The van der Waals surface area contributed by atoms with Gasteiger partial charge < -0.3 is 0 Å². The van der Waals surface area contributed by atoms with Gasteiger partial charge in [-0.05, 0) is 11.6 Å². The number of nitrogens with zero attached hydrogens (tertiary/aromatic N) is 1. The van der Waals surface area contributed by atoms with Crippen molar-refractivity contribution in [2.45, 2.75) is 0 Å².